The first kappa shape index (κ1) is 18.9. The summed E-state index contributed by atoms with van der Waals surface area (Å²) in [5.74, 6) is -0.532. The Kier molecular flexibility index (Phi) is 6.08. The number of halogens is 2. The van der Waals surface area contributed by atoms with E-state index in [9.17, 15) is 10.1 Å². The van der Waals surface area contributed by atoms with Gasteiger partial charge in [-0.2, -0.15) is 5.26 Å². The van der Waals surface area contributed by atoms with Crippen molar-refractivity contribution in [3.8, 4) is 6.07 Å². The van der Waals surface area contributed by atoms with E-state index in [1.54, 1.807) is 18.2 Å². The Balaban J connectivity index is 2.18. The molecule has 4 nitrogen and oxygen atoms in total. The second-order valence-corrected chi connectivity index (χ2v) is 6.49. The van der Waals surface area contributed by atoms with Crippen molar-refractivity contribution in [3.63, 3.8) is 0 Å². The van der Waals surface area contributed by atoms with Crippen LogP contribution in [0, 0.1) is 32.1 Å². The summed E-state index contributed by atoms with van der Waals surface area (Å²) in [7, 11) is 0. The minimum atomic E-state index is -0.532. The summed E-state index contributed by atoms with van der Waals surface area (Å²) in [5.41, 5.74) is 3.96. The highest BCUT2D eigenvalue weighted by atomic mass is 35.5. The summed E-state index contributed by atoms with van der Waals surface area (Å²) in [6, 6.07) is 10.8. The van der Waals surface area contributed by atoms with Crippen molar-refractivity contribution in [1.29, 1.82) is 5.26 Å². The SMILES string of the molecule is Cc1cc(C)c(N/C=C(/C#N)C(=O)Nc2ccc(C)c(Cl)c2)c(Cl)c1. The number of aryl methyl sites for hydroxylation is 3. The molecular weight excluding hydrogens is 357 g/mol. The fourth-order valence-corrected chi connectivity index (χ4v) is 2.82. The van der Waals surface area contributed by atoms with Gasteiger partial charge in [0.15, 0.2) is 0 Å². The van der Waals surface area contributed by atoms with Gasteiger partial charge in [0.1, 0.15) is 11.6 Å². The Hall–Kier alpha value is -2.48. The number of hydrogen-bond donors (Lipinski definition) is 2. The van der Waals surface area contributed by atoms with E-state index in [-0.39, 0.29) is 5.57 Å². The van der Waals surface area contributed by atoms with Crippen LogP contribution in [-0.2, 0) is 4.79 Å². The molecular formula is C19H17Cl2N3O. The smallest absolute Gasteiger partial charge is 0.267 e. The van der Waals surface area contributed by atoms with Crippen LogP contribution in [0.1, 0.15) is 16.7 Å². The molecule has 1 amide bonds. The normalized spacial score (nSPS) is 11.0. The first-order valence-electron chi connectivity index (χ1n) is 7.53. The van der Waals surface area contributed by atoms with Gasteiger partial charge in [0, 0.05) is 16.9 Å². The van der Waals surface area contributed by atoms with E-state index < -0.39 is 5.91 Å². The van der Waals surface area contributed by atoms with Crippen molar-refractivity contribution in [1.82, 2.24) is 0 Å². The average molecular weight is 374 g/mol. The van der Waals surface area contributed by atoms with Gasteiger partial charge in [0.05, 0.1) is 10.7 Å². The lowest BCUT2D eigenvalue weighted by atomic mass is 10.1. The first-order valence-corrected chi connectivity index (χ1v) is 8.28. The molecule has 0 aliphatic rings. The Bertz CT molecular complexity index is 875. The van der Waals surface area contributed by atoms with Gasteiger partial charge < -0.3 is 10.6 Å². The number of anilines is 2. The fourth-order valence-electron chi connectivity index (χ4n) is 2.26. The highest BCUT2D eigenvalue weighted by Crippen LogP contribution is 2.27. The molecule has 0 bridgehead atoms. The predicted octanol–water partition coefficient (Wildman–Crippen LogP) is 5.38. The zero-order valence-electron chi connectivity index (χ0n) is 14.1. The van der Waals surface area contributed by atoms with Gasteiger partial charge in [-0.1, -0.05) is 35.3 Å². The monoisotopic (exact) mass is 373 g/mol. The molecule has 0 aliphatic carbocycles. The van der Waals surface area contributed by atoms with E-state index in [0.29, 0.717) is 21.4 Å². The Morgan fingerprint density at radius 2 is 1.80 bits per heavy atom. The molecule has 2 aromatic rings. The molecule has 0 atom stereocenters. The molecule has 128 valence electrons. The Labute approximate surface area is 157 Å². The van der Waals surface area contributed by atoms with Crippen LogP contribution in [0.5, 0.6) is 0 Å². The summed E-state index contributed by atoms with van der Waals surface area (Å²) >= 11 is 12.3. The van der Waals surface area contributed by atoms with Crippen LogP contribution in [-0.4, -0.2) is 5.91 Å². The number of rotatable bonds is 4. The lowest BCUT2D eigenvalue weighted by Crippen LogP contribution is -2.14. The van der Waals surface area contributed by atoms with Crippen molar-refractivity contribution in [2.24, 2.45) is 0 Å². The maximum atomic E-state index is 12.3. The van der Waals surface area contributed by atoms with Gasteiger partial charge >= 0.3 is 0 Å². The lowest BCUT2D eigenvalue weighted by molar-refractivity contribution is -0.112. The van der Waals surface area contributed by atoms with Gasteiger partial charge in [0.2, 0.25) is 0 Å². The van der Waals surface area contributed by atoms with Crippen molar-refractivity contribution in [2.75, 3.05) is 10.6 Å². The number of nitrogens with zero attached hydrogens (tertiary/aromatic N) is 1. The zero-order valence-corrected chi connectivity index (χ0v) is 15.6. The Morgan fingerprint density at radius 3 is 2.40 bits per heavy atom. The predicted molar refractivity (Wildman–Crippen MR) is 103 cm³/mol. The quantitative estimate of drug-likeness (QED) is 0.558. The molecule has 0 heterocycles. The number of nitrogens with one attached hydrogen (secondary N) is 2. The number of benzene rings is 2. The zero-order chi connectivity index (χ0) is 18.6. The molecule has 0 saturated heterocycles. The van der Waals surface area contributed by atoms with Crippen molar-refractivity contribution >= 4 is 40.5 Å². The number of hydrogen-bond acceptors (Lipinski definition) is 3. The van der Waals surface area contributed by atoms with E-state index in [0.717, 1.165) is 16.7 Å². The van der Waals surface area contributed by atoms with Crippen LogP contribution >= 0.6 is 23.2 Å². The van der Waals surface area contributed by atoms with Gasteiger partial charge in [0.25, 0.3) is 5.91 Å². The van der Waals surface area contributed by atoms with E-state index >= 15 is 0 Å². The van der Waals surface area contributed by atoms with Crippen molar-refractivity contribution in [2.45, 2.75) is 20.8 Å². The van der Waals surface area contributed by atoms with Crippen LogP contribution in [0.15, 0.2) is 42.1 Å². The standard InChI is InChI=1S/C19H17Cl2N3O/c1-11-6-13(3)18(17(21)7-11)23-10-14(9-22)19(25)24-15-5-4-12(2)16(20)8-15/h4-8,10,23H,1-3H3,(H,24,25)/b14-10-. The molecule has 0 radical (unpaired) electrons. The van der Waals surface area contributed by atoms with E-state index in [1.165, 1.54) is 6.20 Å². The molecule has 0 aromatic heterocycles. The van der Waals surface area contributed by atoms with E-state index in [4.69, 9.17) is 23.2 Å². The summed E-state index contributed by atoms with van der Waals surface area (Å²) in [4.78, 5) is 12.3. The second-order valence-electron chi connectivity index (χ2n) is 5.67. The largest absolute Gasteiger partial charge is 0.359 e. The second kappa shape index (κ2) is 8.06. The van der Waals surface area contributed by atoms with Gasteiger partial charge in [-0.25, -0.2) is 0 Å². The van der Waals surface area contributed by atoms with Crippen LogP contribution < -0.4 is 10.6 Å². The summed E-state index contributed by atoms with van der Waals surface area (Å²) in [6.07, 6.45) is 1.34. The molecule has 6 heteroatoms. The minimum Gasteiger partial charge on any atom is -0.359 e. The molecule has 0 aliphatic heterocycles. The first-order chi connectivity index (χ1) is 11.8. The minimum absolute atomic E-state index is 0.0762. The number of carbonyl (C=O) groups is 1. The molecule has 0 spiro atoms. The molecule has 0 fully saturated rings. The number of carbonyl (C=O) groups excluding carboxylic acids is 1. The van der Waals surface area contributed by atoms with Gasteiger partial charge in [-0.05, 0) is 55.7 Å². The lowest BCUT2D eigenvalue weighted by Gasteiger charge is -2.10. The highest BCUT2D eigenvalue weighted by Gasteiger charge is 2.11. The summed E-state index contributed by atoms with van der Waals surface area (Å²) < 4.78 is 0. The molecule has 0 unspecified atom stereocenters. The fraction of sp³-hybridized carbons (Fsp3) is 0.158. The molecule has 0 saturated carbocycles. The van der Waals surface area contributed by atoms with Crippen LogP contribution in [0.25, 0.3) is 0 Å². The van der Waals surface area contributed by atoms with Crippen LogP contribution in [0.3, 0.4) is 0 Å². The van der Waals surface area contributed by atoms with Crippen LogP contribution in [0.4, 0.5) is 11.4 Å². The number of nitriles is 1. The van der Waals surface area contributed by atoms with Gasteiger partial charge in [-0.3, -0.25) is 4.79 Å². The van der Waals surface area contributed by atoms with Crippen LogP contribution in [0.2, 0.25) is 10.0 Å². The number of amides is 1. The molecule has 2 rings (SSSR count). The van der Waals surface area contributed by atoms with Crippen molar-refractivity contribution < 1.29 is 4.79 Å². The summed E-state index contributed by atoms with van der Waals surface area (Å²) in [5, 5.41) is 15.9. The Morgan fingerprint density at radius 1 is 1.08 bits per heavy atom. The third kappa shape index (κ3) is 4.76. The highest BCUT2D eigenvalue weighted by molar-refractivity contribution is 6.33. The van der Waals surface area contributed by atoms with E-state index in [1.807, 2.05) is 39.0 Å². The third-order valence-corrected chi connectivity index (χ3v) is 4.29. The third-order valence-electron chi connectivity index (χ3n) is 3.59. The molecule has 2 aromatic carbocycles. The maximum Gasteiger partial charge on any atom is 0.267 e. The van der Waals surface area contributed by atoms with Gasteiger partial charge in [-0.15, -0.1) is 0 Å². The molecule has 25 heavy (non-hydrogen) atoms. The topological polar surface area (TPSA) is 64.9 Å². The summed E-state index contributed by atoms with van der Waals surface area (Å²) in [6.45, 7) is 5.71. The van der Waals surface area contributed by atoms with E-state index in [2.05, 4.69) is 10.6 Å². The van der Waals surface area contributed by atoms with Crippen molar-refractivity contribution in [3.05, 3.63) is 68.8 Å². The average Bonchev–Trinajstić information content (AvgIpc) is 2.53. The maximum absolute atomic E-state index is 12.3. The molecule has 2 N–H and O–H groups in total.